The van der Waals surface area contributed by atoms with Gasteiger partial charge in [0.25, 0.3) is 0 Å². The van der Waals surface area contributed by atoms with Crippen LogP contribution in [0, 0.1) is 19.3 Å². The zero-order valence-electron chi connectivity index (χ0n) is 12.9. The van der Waals surface area contributed by atoms with E-state index in [1.165, 1.54) is 23.1 Å². The number of nitrogens with one attached hydrogen (secondary N) is 1. The van der Waals surface area contributed by atoms with E-state index < -0.39 is 0 Å². The quantitative estimate of drug-likeness (QED) is 0.819. The van der Waals surface area contributed by atoms with Gasteiger partial charge in [-0.15, -0.1) is 0 Å². The van der Waals surface area contributed by atoms with Crippen LogP contribution in [0.4, 0.5) is 0 Å². The lowest BCUT2D eigenvalue weighted by Crippen LogP contribution is -2.40. The van der Waals surface area contributed by atoms with Gasteiger partial charge in [0.2, 0.25) is 0 Å². The monoisotopic (exact) mass is 247 g/mol. The Morgan fingerprint density at radius 3 is 2.28 bits per heavy atom. The number of rotatable bonds is 5. The maximum absolute atomic E-state index is 3.62. The molecule has 0 aliphatic heterocycles. The molecule has 0 aliphatic carbocycles. The van der Waals surface area contributed by atoms with Crippen LogP contribution in [0.5, 0.6) is 0 Å². The molecule has 102 valence electrons. The first-order chi connectivity index (χ1) is 8.34. The minimum atomic E-state index is 0.329. The Hall–Kier alpha value is -0.820. The molecule has 0 aliphatic rings. The second-order valence-electron chi connectivity index (χ2n) is 6.43. The first-order valence-electron chi connectivity index (χ1n) is 7.14. The summed E-state index contributed by atoms with van der Waals surface area (Å²) in [5.74, 6) is 0. The van der Waals surface area contributed by atoms with E-state index in [0.29, 0.717) is 11.5 Å². The normalized spacial score (nSPS) is 13.7. The average molecular weight is 247 g/mol. The van der Waals surface area contributed by atoms with E-state index in [4.69, 9.17) is 0 Å². The van der Waals surface area contributed by atoms with Crippen LogP contribution in [-0.2, 0) is 6.42 Å². The van der Waals surface area contributed by atoms with Gasteiger partial charge >= 0.3 is 0 Å². The Kier molecular flexibility index (Phi) is 5.40. The summed E-state index contributed by atoms with van der Waals surface area (Å²) in [6, 6.07) is 7.43. The van der Waals surface area contributed by atoms with Crippen LogP contribution in [0.15, 0.2) is 18.2 Å². The lowest BCUT2D eigenvalue weighted by molar-refractivity contribution is 0.258. The molecule has 1 N–H and O–H groups in total. The molecule has 1 aromatic rings. The summed E-state index contributed by atoms with van der Waals surface area (Å²) in [5, 5.41) is 3.62. The maximum Gasteiger partial charge on any atom is 0.0119 e. The van der Waals surface area contributed by atoms with Crippen molar-refractivity contribution in [2.75, 3.05) is 6.54 Å². The maximum atomic E-state index is 3.62. The molecular formula is C17H29N. The average Bonchev–Trinajstić information content (AvgIpc) is 2.27. The second-order valence-corrected chi connectivity index (χ2v) is 6.43. The molecule has 1 atom stereocenters. The van der Waals surface area contributed by atoms with E-state index in [0.717, 1.165) is 13.0 Å². The lowest BCUT2D eigenvalue weighted by atomic mass is 9.83. The molecule has 1 unspecified atom stereocenters. The molecule has 1 heteroatoms. The molecular weight excluding hydrogens is 218 g/mol. The zero-order valence-corrected chi connectivity index (χ0v) is 12.9. The minimum Gasteiger partial charge on any atom is -0.314 e. The van der Waals surface area contributed by atoms with Crippen molar-refractivity contribution in [1.82, 2.24) is 5.32 Å². The van der Waals surface area contributed by atoms with E-state index in [9.17, 15) is 0 Å². The molecule has 1 nitrogen and oxygen atoms in total. The van der Waals surface area contributed by atoms with E-state index >= 15 is 0 Å². The molecule has 0 fully saturated rings. The fourth-order valence-electron chi connectivity index (χ4n) is 2.36. The van der Waals surface area contributed by atoms with Gasteiger partial charge in [-0.3, -0.25) is 0 Å². The highest BCUT2D eigenvalue weighted by Gasteiger charge is 2.23. The second kappa shape index (κ2) is 6.38. The molecule has 0 aromatic heterocycles. The van der Waals surface area contributed by atoms with Crippen LogP contribution in [0.3, 0.4) is 0 Å². The van der Waals surface area contributed by atoms with Crippen LogP contribution in [-0.4, -0.2) is 12.6 Å². The van der Waals surface area contributed by atoms with Crippen molar-refractivity contribution in [3.63, 3.8) is 0 Å². The van der Waals surface area contributed by atoms with Gasteiger partial charge in [-0.2, -0.15) is 0 Å². The third-order valence-corrected chi connectivity index (χ3v) is 3.79. The fraction of sp³-hybridized carbons (Fsp3) is 0.647. The van der Waals surface area contributed by atoms with Gasteiger partial charge < -0.3 is 5.32 Å². The molecule has 0 amide bonds. The number of benzene rings is 1. The van der Waals surface area contributed by atoms with Gasteiger partial charge in [0.05, 0.1) is 0 Å². The zero-order chi connectivity index (χ0) is 13.8. The van der Waals surface area contributed by atoms with Crippen molar-refractivity contribution >= 4 is 0 Å². The van der Waals surface area contributed by atoms with Crippen LogP contribution in [0.1, 0.15) is 50.8 Å². The molecule has 1 rings (SSSR count). The van der Waals surface area contributed by atoms with Crippen LogP contribution < -0.4 is 5.32 Å². The van der Waals surface area contributed by atoms with E-state index in [1.54, 1.807) is 0 Å². The van der Waals surface area contributed by atoms with Gasteiger partial charge in [0.15, 0.2) is 0 Å². The Morgan fingerprint density at radius 2 is 1.78 bits per heavy atom. The summed E-state index contributed by atoms with van der Waals surface area (Å²) in [5.41, 5.74) is 4.58. The smallest absolute Gasteiger partial charge is 0.0119 e. The van der Waals surface area contributed by atoms with Gasteiger partial charge in [0.1, 0.15) is 0 Å². The summed E-state index contributed by atoms with van der Waals surface area (Å²) in [7, 11) is 0. The summed E-state index contributed by atoms with van der Waals surface area (Å²) >= 11 is 0. The number of hydrogen-bond donors (Lipinski definition) is 1. The molecule has 0 saturated heterocycles. The molecule has 0 spiro atoms. The van der Waals surface area contributed by atoms with Crippen molar-refractivity contribution < 1.29 is 0 Å². The fourth-order valence-corrected chi connectivity index (χ4v) is 2.36. The van der Waals surface area contributed by atoms with Crippen molar-refractivity contribution in [1.29, 1.82) is 0 Å². The van der Waals surface area contributed by atoms with Crippen LogP contribution >= 0.6 is 0 Å². The highest BCUT2D eigenvalue weighted by atomic mass is 14.9. The summed E-state index contributed by atoms with van der Waals surface area (Å²) in [6.45, 7) is 14.6. The third kappa shape index (κ3) is 4.45. The molecule has 0 heterocycles. The first-order valence-corrected chi connectivity index (χ1v) is 7.14. The Labute approximate surface area is 113 Å². The standard InChI is InChI=1S/C17H29N/c1-7-18-16(17(4,5)6)11-10-15-9-8-13(2)14(3)12-15/h8-9,12,16,18H,7,10-11H2,1-6H3. The van der Waals surface area contributed by atoms with Gasteiger partial charge in [0, 0.05) is 6.04 Å². The van der Waals surface area contributed by atoms with Crippen LogP contribution in [0.25, 0.3) is 0 Å². The lowest BCUT2D eigenvalue weighted by Gasteiger charge is -2.31. The van der Waals surface area contributed by atoms with Gasteiger partial charge in [-0.1, -0.05) is 45.9 Å². The summed E-state index contributed by atoms with van der Waals surface area (Å²) in [6.07, 6.45) is 2.37. The Morgan fingerprint density at radius 1 is 1.11 bits per heavy atom. The highest BCUT2D eigenvalue weighted by molar-refractivity contribution is 5.30. The molecule has 1 aromatic carbocycles. The SMILES string of the molecule is CCNC(CCc1ccc(C)c(C)c1)C(C)(C)C. The van der Waals surface area contributed by atoms with Crippen LogP contribution in [0.2, 0.25) is 0 Å². The van der Waals surface area contributed by atoms with Gasteiger partial charge in [-0.25, -0.2) is 0 Å². The predicted octanol–water partition coefficient (Wildman–Crippen LogP) is 4.26. The molecule has 0 radical (unpaired) electrons. The van der Waals surface area contributed by atoms with Crippen molar-refractivity contribution in [3.05, 3.63) is 34.9 Å². The summed E-state index contributed by atoms with van der Waals surface area (Å²) < 4.78 is 0. The van der Waals surface area contributed by atoms with Gasteiger partial charge in [-0.05, 0) is 55.3 Å². The van der Waals surface area contributed by atoms with E-state index in [2.05, 4.69) is 65.1 Å². The Bertz CT molecular complexity index is 374. The minimum absolute atomic E-state index is 0.329. The topological polar surface area (TPSA) is 12.0 Å². The van der Waals surface area contributed by atoms with Crippen molar-refractivity contribution in [3.8, 4) is 0 Å². The Balaban J connectivity index is 2.64. The van der Waals surface area contributed by atoms with E-state index in [1.807, 2.05) is 0 Å². The molecule has 0 bridgehead atoms. The number of aryl methyl sites for hydroxylation is 3. The predicted molar refractivity (Wildman–Crippen MR) is 81.2 cm³/mol. The largest absolute Gasteiger partial charge is 0.314 e. The highest BCUT2D eigenvalue weighted by Crippen LogP contribution is 2.23. The first kappa shape index (κ1) is 15.2. The van der Waals surface area contributed by atoms with E-state index in [-0.39, 0.29) is 0 Å². The molecule has 18 heavy (non-hydrogen) atoms. The van der Waals surface area contributed by atoms with Crippen molar-refractivity contribution in [2.24, 2.45) is 5.41 Å². The third-order valence-electron chi connectivity index (χ3n) is 3.79. The molecule has 0 saturated carbocycles. The van der Waals surface area contributed by atoms with Crippen molar-refractivity contribution in [2.45, 2.75) is 60.4 Å². The number of hydrogen-bond acceptors (Lipinski definition) is 1. The summed E-state index contributed by atoms with van der Waals surface area (Å²) in [4.78, 5) is 0.